The van der Waals surface area contributed by atoms with Crippen LogP contribution >= 0.6 is 0 Å². The molecule has 0 radical (unpaired) electrons. The minimum Gasteiger partial charge on any atom is -0.497 e. The minimum absolute atomic E-state index is 0.00113. The summed E-state index contributed by atoms with van der Waals surface area (Å²) >= 11 is 0. The molecule has 4 unspecified atom stereocenters. The molecule has 0 aliphatic carbocycles. The Bertz CT molecular complexity index is 2290. The number of para-hydroxylation sites is 1. The number of ether oxygens (including phenoxy) is 6. The average molecular weight is 1090 g/mol. The fraction of sp³-hybridized carbons (Fsp3) is 0.618. The van der Waals surface area contributed by atoms with Crippen LogP contribution in [0.4, 0.5) is 4.39 Å². The predicted octanol–water partition coefficient (Wildman–Crippen LogP) is 15.7. The van der Waals surface area contributed by atoms with Crippen LogP contribution in [0, 0.1) is 5.82 Å². The van der Waals surface area contributed by atoms with E-state index in [1.807, 2.05) is 36.4 Å². The molecule has 4 atom stereocenters. The van der Waals surface area contributed by atoms with Gasteiger partial charge in [0.1, 0.15) is 41.0 Å². The van der Waals surface area contributed by atoms with Gasteiger partial charge in [0.15, 0.2) is 0 Å². The fourth-order valence-electron chi connectivity index (χ4n) is 11.1. The number of methoxy groups -OCH3 is 2. The Labute approximate surface area is 476 Å². The van der Waals surface area contributed by atoms with Gasteiger partial charge in [-0.2, -0.15) is 0 Å². The van der Waals surface area contributed by atoms with E-state index in [1.165, 1.54) is 107 Å². The number of nitrogens with zero attached hydrogens (tertiary/aromatic N) is 2. The largest absolute Gasteiger partial charge is 0.497 e. The van der Waals surface area contributed by atoms with Crippen molar-refractivity contribution in [3.05, 3.63) is 119 Å². The third kappa shape index (κ3) is 25.9. The fourth-order valence-corrected chi connectivity index (χ4v) is 11.1. The highest BCUT2D eigenvalue weighted by molar-refractivity contribution is 5.70. The zero-order valence-corrected chi connectivity index (χ0v) is 49.6. The van der Waals surface area contributed by atoms with Crippen molar-refractivity contribution in [2.24, 2.45) is 0 Å². The molecule has 438 valence electrons. The first kappa shape index (κ1) is 64.7. The van der Waals surface area contributed by atoms with Crippen molar-refractivity contribution in [1.82, 2.24) is 9.80 Å². The van der Waals surface area contributed by atoms with Crippen LogP contribution in [0.3, 0.4) is 0 Å². The Kier molecular flexibility index (Phi) is 31.5. The highest BCUT2D eigenvalue weighted by atomic mass is 19.1. The topological polar surface area (TPSA) is 96.0 Å². The summed E-state index contributed by atoms with van der Waals surface area (Å²) in [7, 11) is 7.57. The summed E-state index contributed by atoms with van der Waals surface area (Å²) in [5, 5.41) is 0. The first-order chi connectivity index (χ1) is 38.6. The second kappa shape index (κ2) is 38.5. The number of carbonyl (C=O) groups excluding carboxylic acids is 2. The monoisotopic (exact) mass is 1090 g/mol. The number of carbonyl (C=O) groups is 2. The van der Waals surface area contributed by atoms with Crippen molar-refractivity contribution >= 4 is 11.9 Å². The SMILES string of the molecule is CCCCCCCCCCCC(=O)OC1CC(CCOc2ccc(F)cc2CCc2cccc(OC)c2)N(C)C1.CCCCCCCCCCCC(=O)OC1CC(CCOc2ccccc2CCc2cccc(OC)c2)N(C)C1. The van der Waals surface area contributed by atoms with Crippen LogP contribution in [-0.4, -0.2) is 101 Å². The second-order valence-electron chi connectivity index (χ2n) is 22.4. The number of benzene rings is 4. The molecule has 2 aliphatic rings. The Balaban J connectivity index is 0.000000291. The molecule has 0 aromatic heterocycles. The lowest BCUT2D eigenvalue weighted by Crippen LogP contribution is -2.27. The molecule has 0 spiro atoms. The molecular formula is C68H101FN2O8. The van der Waals surface area contributed by atoms with Gasteiger partial charge in [-0.3, -0.25) is 19.4 Å². The number of unbranched alkanes of at least 4 members (excludes halogenated alkanes) is 16. The molecular weight excluding hydrogens is 992 g/mol. The Morgan fingerprint density at radius 1 is 0.494 bits per heavy atom. The molecule has 2 heterocycles. The number of rotatable bonds is 38. The molecule has 0 saturated carbocycles. The summed E-state index contributed by atoms with van der Waals surface area (Å²) in [6.07, 6.45) is 30.3. The van der Waals surface area contributed by atoms with Gasteiger partial charge >= 0.3 is 11.9 Å². The standard InChI is InChI=1S/C34H50FNO4.C34H51NO4/c1-4-5-6-7-8-9-10-11-12-16-34(37)40-32-25-30(36(2)26-32)21-22-39-33-20-19-29(35)24-28(33)18-17-27-14-13-15-31(23-27)38-3;1-4-5-6-7-8-9-10-11-12-20-34(36)39-32-26-30(35(2)27-32)23-24-38-33-19-14-13-17-29(33)22-21-28-16-15-18-31(25-28)37-3/h13-15,19-20,23-24,30,32H,4-12,16-18,21-22,25-26H2,1-3H3;13-19,25,30,32H,4-12,20-24,26-27H2,1-3H3. The van der Waals surface area contributed by atoms with Crippen LogP contribution in [-0.2, 0) is 44.7 Å². The van der Waals surface area contributed by atoms with Crippen molar-refractivity contribution < 1.29 is 42.4 Å². The molecule has 0 bridgehead atoms. The molecule has 79 heavy (non-hydrogen) atoms. The zero-order valence-electron chi connectivity index (χ0n) is 49.6. The first-order valence-corrected chi connectivity index (χ1v) is 30.7. The molecule has 0 N–H and O–H groups in total. The van der Waals surface area contributed by atoms with Crippen molar-refractivity contribution in [3.8, 4) is 23.0 Å². The van der Waals surface area contributed by atoms with Gasteiger partial charge < -0.3 is 28.4 Å². The third-order valence-electron chi connectivity index (χ3n) is 15.9. The van der Waals surface area contributed by atoms with Gasteiger partial charge in [0.2, 0.25) is 0 Å². The molecule has 2 aliphatic heterocycles. The summed E-state index contributed by atoms with van der Waals surface area (Å²) in [6.45, 7) is 7.26. The second-order valence-corrected chi connectivity index (χ2v) is 22.4. The van der Waals surface area contributed by atoms with Crippen molar-refractivity contribution in [1.29, 1.82) is 0 Å². The number of aryl methyl sites for hydroxylation is 4. The molecule has 4 aromatic carbocycles. The van der Waals surface area contributed by atoms with Crippen LogP contribution in [0.1, 0.15) is 190 Å². The van der Waals surface area contributed by atoms with Gasteiger partial charge in [-0.05, 0) is 136 Å². The van der Waals surface area contributed by atoms with E-state index < -0.39 is 0 Å². The lowest BCUT2D eigenvalue weighted by molar-refractivity contribution is -0.149. The van der Waals surface area contributed by atoms with Crippen molar-refractivity contribution in [3.63, 3.8) is 0 Å². The van der Waals surface area contributed by atoms with E-state index in [1.54, 1.807) is 26.4 Å². The lowest BCUT2D eigenvalue weighted by atomic mass is 10.0. The van der Waals surface area contributed by atoms with E-state index in [0.29, 0.717) is 44.6 Å². The first-order valence-electron chi connectivity index (χ1n) is 30.7. The maximum atomic E-state index is 14.0. The molecule has 4 aromatic rings. The molecule has 10 nitrogen and oxygen atoms in total. The maximum absolute atomic E-state index is 14.0. The summed E-state index contributed by atoms with van der Waals surface area (Å²) < 4.78 is 48.7. The van der Waals surface area contributed by atoms with Gasteiger partial charge in [0, 0.05) is 50.9 Å². The summed E-state index contributed by atoms with van der Waals surface area (Å²) in [5.74, 6) is 3.06. The van der Waals surface area contributed by atoms with Gasteiger partial charge in [0.05, 0.1) is 27.4 Å². The normalized spacial score (nSPS) is 17.3. The van der Waals surface area contributed by atoms with E-state index in [4.69, 9.17) is 28.4 Å². The molecule has 11 heteroatoms. The number of hydrogen-bond acceptors (Lipinski definition) is 10. The quantitative estimate of drug-likeness (QED) is 0.0319. The smallest absolute Gasteiger partial charge is 0.306 e. The molecule has 2 fully saturated rings. The Hall–Kier alpha value is -5.13. The average Bonchev–Trinajstić information content (AvgIpc) is 4.00. The number of hydrogen-bond donors (Lipinski definition) is 0. The number of likely N-dealkylation sites (N-methyl/N-ethyl adjacent to an activating group) is 2. The maximum Gasteiger partial charge on any atom is 0.306 e. The van der Waals surface area contributed by atoms with Crippen LogP contribution < -0.4 is 18.9 Å². The summed E-state index contributed by atoms with van der Waals surface area (Å²) in [4.78, 5) is 29.3. The van der Waals surface area contributed by atoms with Gasteiger partial charge in [-0.15, -0.1) is 0 Å². The van der Waals surface area contributed by atoms with E-state index >= 15 is 0 Å². The summed E-state index contributed by atoms with van der Waals surface area (Å²) in [5.41, 5.74) is 4.49. The third-order valence-corrected chi connectivity index (χ3v) is 15.9. The van der Waals surface area contributed by atoms with Gasteiger partial charge in [0.25, 0.3) is 0 Å². The van der Waals surface area contributed by atoms with Crippen molar-refractivity contribution in [2.75, 3.05) is 54.6 Å². The van der Waals surface area contributed by atoms with E-state index in [0.717, 1.165) is 118 Å². The number of esters is 2. The predicted molar refractivity (Wildman–Crippen MR) is 319 cm³/mol. The summed E-state index contributed by atoms with van der Waals surface area (Å²) in [6, 6.07) is 30.0. The van der Waals surface area contributed by atoms with E-state index in [2.05, 4.69) is 74.1 Å². The van der Waals surface area contributed by atoms with E-state index in [-0.39, 0.29) is 30.0 Å². The van der Waals surface area contributed by atoms with E-state index in [9.17, 15) is 14.0 Å². The lowest BCUT2D eigenvalue weighted by Gasteiger charge is -2.19. The number of likely N-dealkylation sites (tertiary alicyclic amines) is 2. The molecule has 2 saturated heterocycles. The molecule has 6 rings (SSSR count). The van der Waals surface area contributed by atoms with Gasteiger partial charge in [-0.25, -0.2) is 4.39 Å². The van der Waals surface area contributed by atoms with Crippen LogP contribution in [0.15, 0.2) is 91.0 Å². The minimum atomic E-state index is -0.254. The van der Waals surface area contributed by atoms with Crippen LogP contribution in [0.5, 0.6) is 23.0 Å². The Morgan fingerprint density at radius 2 is 0.924 bits per heavy atom. The Morgan fingerprint density at radius 3 is 1.39 bits per heavy atom. The highest BCUT2D eigenvalue weighted by Crippen LogP contribution is 2.28. The highest BCUT2D eigenvalue weighted by Gasteiger charge is 2.33. The van der Waals surface area contributed by atoms with Crippen LogP contribution in [0.2, 0.25) is 0 Å². The molecule has 0 amide bonds. The number of halogens is 1. The van der Waals surface area contributed by atoms with Crippen LogP contribution in [0.25, 0.3) is 0 Å². The zero-order chi connectivity index (χ0) is 56.3. The van der Waals surface area contributed by atoms with Crippen molar-refractivity contribution in [2.45, 2.75) is 218 Å². The van der Waals surface area contributed by atoms with Gasteiger partial charge in [-0.1, -0.05) is 159 Å².